The summed E-state index contributed by atoms with van der Waals surface area (Å²) in [7, 11) is 0. The van der Waals surface area contributed by atoms with E-state index in [4.69, 9.17) is 5.73 Å². The summed E-state index contributed by atoms with van der Waals surface area (Å²) in [5.41, 5.74) is 10.0. The fourth-order valence-electron chi connectivity index (χ4n) is 2.92. The highest BCUT2D eigenvalue weighted by Gasteiger charge is 2.24. The molecule has 4 aromatic rings. The number of carbonyl (C=O) groups excluding carboxylic acids is 1. The number of carbonyl (C=O) groups is 2. The molecule has 12 nitrogen and oxygen atoms in total. The summed E-state index contributed by atoms with van der Waals surface area (Å²) in [6.45, 7) is 1.99. The maximum Gasteiger partial charge on any atom is 0.336 e. The minimum atomic E-state index is -1.11. The fraction of sp³-hybridized carbons (Fsp3) is 0.0952. The second-order valence-corrected chi connectivity index (χ2v) is 8.01. The molecule has 0 unspecified atom stereocenters. The number of carboxylic acid groups (broad SMARTS) is 1. The average Bonchev–Trinajstić information content (AvgIpc) is 3.44. The van der Waals surface area contributed by atoms with E-state index < -0.39 is 11.9 Å². The maximum absolute atomic E-state index is 12.8. The first-order valence-electron chi connectivity index (χ1n) is 9.82. The number of hydrazone groups is 1. The van der Waals surface area contributed by atoms with Crippen molar-refractivity contribution in [2.24, 2.45) is 5.10 Å². The second-order valence-electron chi connectivity index (χ2n) is 6.96. The van der Waals surface area contributed by atoms with Crippen molar-refractivity contribution >= 4 is 35.7 Å². The Kier molecular flexibility index (Phi) is 6.64. The van der Waals surface area contributed by atoms with E-state index in [1.807, 2.05) is 31.2 Å². The Labute approximate surface area is 196 Å². The van der Waals surface area contributed by atoms with E-state index in [1.165, 1.54) is 28.7 Å². The third-order valence-electron chi connectivity index (χ3n) is 4.63. The molecule has 0 bridgehead atoms. The molecule has 0 aliphatic rings. The summed E-state index contributed by atoms with van der Waals surface area (Å²) in [6.07, 6.45) is 1.24. The molecule has 172 valence electrons. The van der Waals surface area contributed by atoms with Crippen molar-refractivity contribution in [2.75, 3.05) is 5.73 Å². The molecule has 0 atom stereocenters. The number of amides is 1. The highest BCUT2D eigenvalue weighted by molar-refractivity contribution is 7.98. The van der Waals surface area contributed by atoms with E-state index in [-0.39, 0.29) is 22.9 Å². The molecule has 34 heavy (non-hydrogen) atoms. The van der Waals surface area contributed by atoms with Gasteiger partial charge in [-0.05, 0) is 35.4 Å². The Balaban J connectivity index is 1.58. The van der Waals surface area contributed by atoms with Gasteiger partial charge in [0, 0.05) is 16.2 Å². The van der Waals surface area contributed by atoms with E-state index >= 15 is 0 Å². The molecule has 0 saturated heterocycles. The lowest BCUT2D eigenvalue weighted by atomic mass is 10.1. The quantitative estimate of drug-likeness (QED) is 0.194. The number of hydrogen-bond donors (Lipinski definition) is 3. The Bertz CT molecular complexity index is 1360. The van der Waals surface area contributed by atoms with Crippen LogP contribution in [0.1, 0.15) is 37.7 Å². The lowest BCUT2D eigenvalue weighted by molar-refractivity contribution is 0.0696. The van der Waals surface area contributed by atoms with E-state index in [1.54, 1.807) is 18.2 Å². The minimum Gasteiger partial charge on any atom is -0.478 e. The normalized spacial score (nSPS) is 11.1. The van der Waals surface area contributed by atoms with Crippen LogP contribution >= 0.6 is 11.8 Å². The van der Waals surface area contributed by atoms with Crippen LogP contribution in [0.4, 0.5) is 5.82 Å². The lowest BCUT2D eigenvalue weighted by Gasteiger charge is -2.06. The summed E-state index contributed by atoms with van der Waals surface area (Å²) < 4.78 is 5.94. The molecule has 0 saturated carbocycles. The van der Waals surface area contributed by atoms with Crippen LogP contribution in [0.2, 0.25) is 0 Å². The van der Waals surface area contributed by atoms with Gasteiger partial charge in [0.25, 0.3) is 5.91 Å². The number of nitrogens with two attached hydrogens (primary N) is 1. The second kappa shape index (κ2) is 9.95. The number of aromatic carboxylic acids is 1. The summed E-state index contributed by atoms with van der Waals surface area (Å²) >= 11 is 1.46. The van der Waals surface area contributed by atoms with Crippen molar-refractivity contribution in [1.82, 2.24) is 30.7 Å². The molecule has 0 fully saturated rings. The van der Waals surface area contributed by atoms with Crippen molar-refractivity contribution < 1.29 is 19.3 Å². The zero-order valence-corrected chi connectivity index (χ0v) is 18.6. The predicted molar refractivity (Wildman–Crippen MR) is 123 cm³/mol. The van der Waals surface area contributed by atoms with Gasteiger partial charge in [0.15, 0.2) is 5.69 Å². The molecule has 0 radical (unpaired) electrons. The van der Waals surface area contributed by atoms with Crippen molar-refractivity contribution in [3.05, 3.63) is 76.6 Å². The minimum absolute atomic E-state index is 0.00863. The van der Waals surface area contributed by atoms with E-state index in [2.05, 4.69) is 35.8 Å². The standard InChI is InChI=1S/C21H18N8O4S/c1-12-6-8-14(9-7-12)34-11-16-17(24-28-29(16)19-18(22)26-33-27-19)20(30)25-23-10-13-4-2-3-5-15(13)21(31)32/h2-10H,11H2,1H3,(H2,22,26)(H,25,30)(H,31,32)/b23-10-. The lowest BCUT2D eigenvalue weighted by Crippen LogP contribution is -2.20. The van der Waals surface area contributed by atoms with Crippen molar-refractivity contribution in [2.45, 2.75) is 17.6 Å². The molecule has 2 aromatic carbocycles. The topological polar surface area (TPSA) is 174 Å². The number of thioether (sulfide) groups is 1. The Morgan fingerprint density at radius 2 is 1.97 bits per heavy atom. The molecule has 2 heterocycles. The van der Waals surface area contributed by atoms with E-state index in [0.29, 0.717) is 17.0 Å². The molecule has 13 heteroatoms. The average molecular weight is 478 g/mol. The molecule has 2 aromatic heterocycles. The molecule has 0 aliphatic heterocycles. The number of nitrogens with zero attached hydrogens (tertiary/aromatic N) is 6. The highest BCUT2D eigenvalue weighted by Crippen LogP contribution is 2.26. The monoisotopic (exact) mass is 478 g/mol. The van der Waals surface area contributed by atoms with E-state index in [9.17, 15) is 14.7 Å². The molecule has 4 N–H and O–H groups in total. The summed E-state index contributed by atoms with van der Waals surface area (Å²) in [5, 5.41) is 28.4. The van der Waals surface area contributed by atoms with E-state index in [0.717, 1.165) is 10.5 Å². The van der Waals surface area contributed by atoms with Gasteiger partial charge in [-0.2, -0.15) is 9.78 Å². The summed E-state index contributed by atoms with van der Waals surface area (Å²) in [5.74, 6) is -1.36. The van der Waals surface area contributed by atoms with Crippen LogP contribution in [0.3, 0.4) is 0 Å². The first-order chi connectivity index (χ1) is 16.4. The third-order valence-corrected chi connectivity index (χ3v) is 5.66. The number of anilines is 1. The van der Waals surface area contributed by atoms with Gasteiger partial charge in [-0.3, -0.25) is 4.79 Å². The van der Waals surface area contributed by atoms with Crippen LogP contribution in [-0.2, 0) is 5.75 Å². The fourth-order valence-corrected chi connectivity index (χ4v) is 3.81. The zero-order valence-electron chi connectivity index (χ0n) is 17.7. The van der Waals surface area contributed by atoms with Crippen LogP contribution in [-0.4, -0.2) is 48.5 Å². The Morgan fingerprint density at radius 3 is 2.68 bits per heavy atom. The molecule has 0 aliphatic carbocycles. The van der Waals surface area contributed by atoms with Crippen LogP contribution in [0.15, 0.2) is 63.2 Å². The largest absolute Gasteiger partial charge is 0.478 e. The SMILES string of the molecule is Cc1ccc(SCc2c(C(=O)N/N=C\c3ccccc3C(=O)O)nnn2-c2nonc2N)cc1. The molecular formula is C21H18N8O4S. The number of aryl methyl sites for hydroxylation is 1. The first kappa shape index (κ1) is 22.7. The van der Waals surface area contributed by atoms with Crippen molar-refractivity contribution in [1.29, 1.82) is 0 Å². The van der Waals surface area contributed by atoms with Gasteiger partial charge in [0.2, 0.25) is 11.6 Å². The molecule has 0 spiro atoms. The number of nitrogen functional groups attached to an aromatic ring is 1. The number of nitrogens with one attached hydrogen (secondary N) is 1. The smallest absolute Gasteiger partial charge is 0.336 e. The third kappa shape index (κ3) is 4.94. The van der Waals surface area contributed by atoms with Crippen LogP contribution < -0.4 is 11.2 Å². The van der Waals surface area contributed by atoms with Crippen molar-refractivity contribution in [3.8, 4) is 5.82 Å². The van der Waals surface area contributed by atoms with Gasteiger partial charge in [-0.15, -0.1) is 16.9 Å². The van der Waals surface area contributed by atoms with Gasteiger partial charge >= 0.3 is 5.97 Å². The molecule has 4 rings (SSSR count). The van der Waals surface area contributed by atoms with Crippen LogP contribution in [0.25, 0.3) is 5.82 Å². The number of carboxylic acids is 1. The number of hydrogen-bond acceptors (Lipinski definition) is 10. The van der Waals surface area contributed by atoms with Gasteiger partial charge in [-0.25, -0.2) is 14.8 Å². The van der Waals surface area contributed by atoms with Gasteiger partial charge in [0.05, 0.1) is 17.5 Å². The Morgan fingerprint density at radius 1 is 1.21 bits per heavy atom. The van der Waals surface area contributed by atoms with Gasteiger partial charge < -0.3 is 10.8 Å². The summed E-state index contributed by atoms with van der Waals surface area (Å²) in [6, 6.07) is 14.2. The number of rotatable bonds is 8. The number of benzene rings is 2. The predicted octanol–water partition coefficient (Wildman–Crippen LogP) is 2.30. The van der Waals surface area contributed by atoms with Gasteiger partial charge in [-0.1, -0.05) is 41.1 Å². The van der Waals surface area contributed by atoms with Crippen LogP contribution in [0, 0.1) is 6.92 Å². The van der Waals surface area contributed by atoms with Crippen molar-refractivity contribution in [3.63, 3.8) is 0 Å². The zero-order chi connectivity index (χ0) is 24.1. The molecular weight excluding hydrogens is 460 g/mol. The van der Waals surface area contributed by atoms with Crippen LogP contribution in [0.5, 0.6) is 0 Å². The molecule has 1 amide bonds. The highest BCUT2D eigenvalue weighted by atomic mass is 32.2. The Hall–Kier alpha value is -4.52. The first-order valence-corrected chi connectivity index (χ1v) is 10.8. The van der Waals surface area contributed by atoms with Gasteiger partial charge in [0.1, 0.15) is 0 Å². The number of aromatic nitrogens is 5. The summed E-state index contributed by atoms with van der Waals surface area (Å²) in [4.78, 5) is 25.1. The maximum atomic E-state index is 12.8.